The molecule has 1 heterocycles. The summed E-state index contributed by atoms with van der Waals surface area (Å²) in [4.78, 5) is 10.8. The number of nitrogens with zero attached hydrogens (tertiary/aromatic N) is 3. The van der Waals surface area contributed by atoms with Crippen molar-refractivity contribution >= 4 is 11.6 Å². The molecule has 0 saturated carbocycles. The Morgan fingerprint density at radius 3 is 2.44 bits per heavy atom. The van der Waals surface area contributed by atoms with E-state index in [4.69, 9.17) is 4.74 Å². The van der Waals surface area contributed by atoms with Crippen molar-refractivity contribution in [1.82, 2.24) is 9.97 Å². The van der Waals surface area contributed by atoms with E-state index in [9.17, 15) is 0 Å². The summed E-state index contributed by atoms with van der Waals surface area (Å²) < 4.78 is 5.18. The predicted molar refractivity (Wildman–Crippen MR) is 101 cm³/mol. The Morgan fingerprint density at radius 2 is 1.72 bits per heavy atom. The van der Waals surface area contributed by atoms with E-state index in [1.54, 1.807) is 13.4 Å². The van der Waals surface area contributed by atoms with Crippen LogP contribution in [0.5, 0.6) is 5.75 Å². The lowest BCUT2D eigenvalue weighted by Gasteiger charge is -2.18. The molecule has 128 valence electrons. The van der Waals surface area contributed by atoms with E-state index in [1.807, 2.05) is 55.6 Å². The summed E-state index contributed by atoms with van der Waals surface area (Å²) >= 11 is 0. The van der Waals surface area contributed by atoms with E-state index in [0.717, 1.165) is 23.9 Å². The molecular weight excluding hydrogens is 312 g/mol. The highest BCUT2D eigenvalue weighted by atomic mass is 16.5. The fourth-order valence-electron chi connectivity index (χ4n) is 2.53. The second-order valence-corrected chi connectivity index (χ2v) is 5.80. The van der Waals surface area contributed by atoms with Crippen LogP contribution in [0.1, 0.15) is 11.1 Å². The van der Waals surface area contributed by atoms with Gasteiger partial charge in [0.15, 0.2) is 0 Å². The highest BCUT2D eigenvalue weighted by Crippen LogP contribution is 2.17. The zero-order valence-electron chi connectivity index (χ0n) is 14.5. The third-order valence-corrected chi connectivity index (χ3v) is 3.94. The molecule has 1 aromatic heterocycles. The van der Waals surface area contributed by atoms with Gasteiger partial charge in [-0.25, -0.2) is 9.97 Å². The minimum absolute atomic E-state index is 0.697. The van der Waals surface area contributed by atoms with Crippen LogP contribution in [0.2, 0.25) is 0 Å². The van der Waals surface area contributed by atoms with Gasteiger partial charge in [-0.05, 0) is 23.3 Å². The number of nitrogens with one attached hydrogen (secondary N) is 1. The third-order valence-electron chi connectivity index (χ3n) is 3.94. The molecule has 3 rings (SSSR count). The SMILES string of the molecule is COc1ccc(CNc2cc(N(C)Cc3ccccc3)ncn2)cc1. The predicted octanol–water partition coefficient (Wildman–Crippen LogP) is 3.73. The molecule has 0 saturated heterocycles. The van der Waals surface area contributed by atoms with Gasteiger partial charge in [-0.3, -0.25) is 0 Å². The molecule has 25 heavy (non-hydrogen) atoms. The Hall–Kier alpha value is -3.08. The number of ether oxygens (including phenoxy) is 1. The van der Waals surface area contributed by atoms with E-state index < -0.39 is 0 Å². The van der Waals surface area contributed by atoms with Gasteiger partial charge in [0.1, 0.15) is 23.7 Å². The van der Waals surface area contributed by atoms with Gasteiger partial charge in [0.25, 0.3) is 0 Å². The van der Waals surface area contributed by atoms with Gasteiger partial charge < -0.3 is 15.0 Å². The molecule has 0 bridgehead atoms. The fourth-order valence-corrected chi connectivity index (χ4v) is 2.53. The molecule has 0 unspecified atom stereocenters. The monoisotopic (exact) mass is 334 g/mol. The van der Waals surface area contributed by atoms with Crippen molar-refractivity contribution in [2.75, 3.05) is 24.4 Å². The molecule has 0 fully saturated rings. The van der Waals surface area contributed by atoms with Gasteiger partial charge >= 0.3 is 0 Å². The van der Waals surface area contributed by atoms with Crippen LogP contribution < -0.4 is 15.0 Å². The zero-order valence-corrected chi connectivity index (χ0v) is 14.5. The molecule has 0 aliphatic rings. The van der Waals surface area contributed by atoms with Crippen molar-refractivity contribution in [3.63, 3.8) is 0 Å². The van der Waals surface area contributed by atoms with Crippen LogP contribution in [-0.4, -0.2) is 24.1 Å². The van der Waals surface area contributed by atoms with Gasteiger partial charge in [0.2, 0.25) is 0 Å². The maximum atomic E-state index is 5.18. The standard InChI is InChI=1S/C20H22N4O/c1-24(14-17-6-4-3-5-7-17)20-12-19(22-15-23-20)21-13-16-8-10-18(25-2)11-9-16/h3-12,15H,13-14H2,1-2H3,(H,21,22,23). The lowest BCUT2D eigenvalue weighted by atomic mass is 10.2. The smallest absolute Gasteiger partial charge is 0.134 e. The molecule has 0 radical (unpaired) electrons. The zero-order chi connectivity index (χ0) is 17.5. The van der Waals surface area contributed by atoms with Crippen LogP contribution in [0.3, 0.4) is 0 Å². The Morgan fingerprint density at radius 1 is 0.960 bits per heavy atom. The lowest BCUT2D eigenvalue weighted by molar-refractivity contribution is 0.414. The molecule has 0 aliphatic carbocycles. The summed E-state index contributed by atoms with van der Waals surface area (Å²) in [6, 6.07) is 20.3. The van der Waals surface area contributed by atoms with E-state index in [1.165, 1.54) is 11.1 Å². The van der Waals surface area contributed by atoms with Crippen molar-refractivity contribution in [2.45, 2.75) is 13.1 Å². The molecule has 2 aromatic carbocycles. The van der Waals surface area contributed by atoms with Crippen LogP contribution in [-0.2, 0) is 13.1 Å². The first kappa shape index (κ1) is 16.8. The highest BCUT2D eigenvalue weighted by Gasteiger charge is 2.05. The van der Waals surface area contributed by atoms with Crippen molar-refractivity contribution in [2.24, 2.45) is 0 Å². The van der Waals surface area contributed by atoms with Crippen LogP contribution in [0, 0.1) is 0 Å². The normalized spacial score (nSPS) is 10.3. The topological polar surface area (TPSA) is 50.3 Å². The van der Waals surface area contributed by atoms with Crippen LogP contribution in [0.15, 0.2) is 67.0 Å². The van der Waals surface area contributed by atoms with E-state index in [2.05, 4.69) is 32.3 Å². The first-order chi connectivity index (χ1) is 12.2. The van der Waals surface area contributed by atoms with Gasteiger partial charge in [-0.15, -0.1) is 0 Å². The minimum atomic E-state index is 0.697. The molecule has 0 atom stereocenters. The first-order valence-electron chi connectivity index (χ1n) is 8.18. The van der Waals surface area contributed by atoms with Crippen molar-refractivity contribution < 1.29 is 4.74 Å². The van der Waals surface area contributed by atoms with Crippen LogP contribution >= 0.6 is 0 Å². The summed E-state index contributed by atoms with van der Waals surface area (Å²) in [5.74, 6) is 2.55. The van der Waals surface area contributed by atoms with Gasteiger partial charge in [-0.2, -0.15) is 0 Å². The largest absolute Gasteiger partial charge is 0.497 e. The highest BCUT2D eigenvalue weighted by molar-refractivity contribution is 5.48. The summed E-state index contributed by atoms with van der Waals surface area (Å²) in [6.45, 7) is 1.50. The molecular formula is C20H22N4O. The molecule has 3 aromatic rings. The van der Waals surface area contributed by atoms with E-state index >= 15 is 0 Å². The molecule has 5 nitrogen and oxygen atoms in total. The molecule has 0 aliphatic heterocycles. The Labute approximate surface area is 148 Å². The number of rotatable bonds is 7. The van der Waals surface area contributed by atoms with Gasteiger partial charge in [-0.1, -0.05) is 42.5 Å². The van der Waals surface area contributed by atoms with E-state index in [0.29, 0.717) is 6.54 Å². The van der Waals surface area contributed by atoms with Crippen LogP contribution in [0.25, 0.3) is 0 Å². The number of hydrogen-bond acceptors (Lipinski definition) is 5. The van der Waals surface area contributed by atoms with Gasteiger partial charge in [0.05, 0.1) is 7.11 Å². The maximum Gasteiger partial charge on any atom is 0.134 e. The summed E-state index contributed by atoms with van der Waals surface area (Å²) in [5.41, 5.74) is 2.41. The second kappa shape index (κ2) is 8.15. The lowest BCUT2D eigenvalue weighted by Crippen LogP contribution is -2.18. The molecule has 0 spiro atoms. The number of hydrogen-bond donors (Lipinski definition) is 1. The Kier molecular flexibility index (Phi) is 5.46. The number of anilines is 2. The Bertz CT molecular complexity index is 790. The summed E-state index contributed by atoms with van der Waals surface area (Å²) in [7, 11) is 3.70. The Balaban J connectivity index is 1.62. The number of benzene rings is 2. The van der Waals surface area contributed by atoms with E-state index in [-0.39, 0.29) is 0 Å². The summed E-state index contributed by atoms with van der Waals surface area (Å²) in [6.07, 6.45) is 1.59. The van der Waals surface area contributed by atoms with Crippen LogP contribution in [0.4, 0.5) is 11.6 Å². The molecule has 0 amide bonds. The fraction of sp³-hybridized carbons (Fsp3) is 0.200. The van der Waals surface area contributed by atoms with Crippen molar-refractivity contribution in [1.29, 1.82) is 0 Å². The number of methoxy groups -OCH3 is 1. The minimum Gasteiger partial charge on any atom is -0.497 e. The second-order valence-electron chi connectivity index (χ2n) is 5.80. The van der Waals surface area contributed by atoms with Crippen molar-refractivity contribution in [3.8, 4) is 5.75 Å². The maximum absolute atomic E-state index is 5.18. The number of aromatic nitrogens is 2. The average Bonchev–Trinajstić information content (AvgIpc) is 2.68. The average molecular weight is 334 g/mol. The first-order valence-corrected chi connectivity index (χ1v) is 8.18. The van der Waals surface area contributed by atoms with Gasteiger partial charge in [0, 0.05) is 26.2 Å². The quantitative estimate of drug-likeness (QED) is 0.713. The third kappa shape index (κ3) is 4.70. The summed E-state index contributed by atoms with van der Waals surface area (Å²) in [5, 5.41) is 3.34. The molecule has 1 N–H and O–H groups in total. The van der Waals surface area contributed by atoms with Crippen molar-refractivity contribution in [3.05, 3.63) is 78.1 Å². The molecule has 5 heteroatoms.